The van der Waals surface area contributed by atoms with E-state index in [4.69, 9.17) is 0 Å². The summed E-state index contributed by atoms with van der Waals surface area (Å²) in [6, 6.07) is 9.11. The topological polar surface area (TPSA) is 90.9 Å². The number of nitrogens with zero attached hydrogens (tertiary/aromatic N) is 4. The van der Waals surface area contributed by atoms with Gasteiger partial charge in [-0.25, -0.2) is 13.4 Å². The largest absolute Gasteiger partial charge is 0.340 e. The number of amides is 2. The quantitative estimate of drug-likeness (QED) is 0.668. The molecule has 0 atom stereocenters. The van der Waals surface area contributed by atoms with Crippen LogP contribution in [-0.2, 0) is 31.8 Å². The van der Waals surface area contributed by atoms with Gasteiger partial charge in [-0.05, 0) is 12.0 Å². The van der Waals surface area contributed by atoms with Crippen molar-refractivity contribution >= 4 is 38.3 Å². The van der Waals surface area contributed by atoms with Gasteiger partial charge in [0.15, 0.2) is 5.13 Å². The third-order valence-electron chi connectivity index (χ3n) is 5.35. The summed E-state index contributed by atoms with van der Waals surface area (Å²) in [5.41, 5.74) is 1.41. The standard InChI is InChI=1S/C20H24N4O4S2/c25-18-7-4-8-24(18)20-21-17(14-29-20)13-19(26)22-9-11-23(12-10-22)30(27,28)15-16-5-2-1-3-6-16/h1-3,5-6,14H,4,7-13,15H2. The van der Waals surface area contributed by atoms with Gasteiger partial charge in [-0.15, -0.1) is 11.3 Å². The van der Waals surface area contributed by atoms with Gasteiger partial charge < -0.3 is 4.90 Å². The maximum atomic E-state index is 12.7. The summed E-state index contributed by atoms with van der Waals surface area (Å²) in [4.78, 5) is 32.3. The van der Waals surface area contributed by atoms with Crippen LogP contribution in [0.5, 0.6) is 0 Å². The first-order chi connectivity index (χ1) is 14.4. The first-order valence-corrected chi connectivity index (χ1v) is 12.5. The van der Waals surface area contributed by atoms with E-state index < -0.39 is 10.0 Å². The second-order valence-corrected chi connectivity index (χ2v) is 10.3. The number of rotatable bonds is 6. The van der Waals surface area contributed by atoms with Crippen molar-refractivity contribution in [1.82, 2.24) is 14.2 Å². The number of anilines is 1. The van der Waals surface area contributed by atoms with Gasteiger partial charge in [-0.2, -0.15) is 4.31 Å². The van der Waals surface area contributed by atoms with Gasteiger partial charge in [-0.1, -0.05) is 30.3 Å². The summed E-state index contributed by atoms with van der Waals surface area (Å²) in [5, 5.41) is 2.47. The highest BCUT2D eigenvalue weighted by atomic mass is 32.2. The Morgan fingerprint density at radius 1 is 1.07 bits per heavy atom. The maximum absolute atomic E-state index is 12.7. The van der Waals surface area contributed by atoms with Gasteiger partial charge in [0.25, 0.3) is 0 Å². The lowest BCUT2D eigenvalue weighted by Crippen LogP contribution is -2.51. The molecule has 8 nitrogen and oxygen atoms in total. The lowest BCUT2D eigenvalue weighted by molar-refractivity contribution is -0.131. The van der Waals surface area contributed by atoms with Crippen LogP contribution in [0.1, 0.15) is 24.1 Å². The van der Waals surface area contributed by atoms with E-state index >= 15 is 0 Å². The Morgan fingerprint density at radius 2 is 1.80 bits per heavy atom. The molecule has 1 aromatic carbocycles. The van der Waals surface area contributed by atoms with Crippen LogP contribution in [0.3, 0.4) is 0 Å². The van der Waals surface area contributed by atoms with Crippen LogP contribution in [0, 0.1) is 0 Å². The number of sulfonamides is 1. The maximum Gasteiger partial charge on any atom is 0.228 e. The minimum Gasteiger partial charge on any atom is -0.340 e. The molecule has 0 aliphatic carbocycles. The van der Waals surface area contributed by atoms with Crippen molar-refractivity contribution in [2.24, 2.45) is 0 Å². The molecule has 2 amide bonds. The normalized spacial score (nSPS) is 18.2. The number of carbonyl (C=O) groups excluding carboxylic acids is 2. The monoisotopic (exact) mass is 448 g/mol. The lowest BCUT2D eigenvalue weighted by atomic mass is 10.2. The third kappa shape index (κ3) is 4.71. The van der Waals surface area contributed by atoms with Crippen molar-refractivity contribution in [1.29, 1.82) is 0 Å². The smallest absolute Gasteiger partial charge is 0.228 e. The van der Waals surface area contributed by atoms with Gasteiger partial charge >= 0.3 is 0 Å². The molecule has 3 heterocycles. The molecule has 1 aromatic heterocycles. The Morgan fingerprint density at radius 3 is 2.47 bits per heavy atom. The molecule has 2 aromatic rings. The Balaban J connectivity index is 1.30. The number of thiazole rings is 1. The minimum absolute atomic E-state index is 0.0292. The molecule has 2 aliphatic rings. The van der Waals surface area contributed by atoms with Crippen molar-refractivity contribution in [3.05, 3.63) is 47.0 Å². The van der Waals surface area contributed by atoms with Crippen LogP contribution in [0.15, 0.2) is 35.7 Å². The average Bonchev–Trinajstić information content (AvgIpc) is 3.37. The van der Waals surface area contributed by atoms with Crippen LogP contribution in [0.25, 0.3) is 0 Å². The molecule has 2 saturated heterocycles. The number of piperazine rings is 1. The Bertz CT molecular complexity index is 1010. The fraction of sp³-hybridized carbons (Fsp3) is 0.450. The van der Waals surface area contributed by atoms with E-state index in [1.807, 2.05) is 23.6 Å². The number of carbonyl (C=O) groups is 2. The Hall–Kier alpha value is -2.30. The molecular weight excluding hydrogens is 424 g/mol. The van der Waals surface area contributed by atoms with Crippen molar-refractivity contribution in [2.45, 2.75) is 25.0 Å². The van der Waals surface area contributed by atoms with E-state index in [1.165, 1.54) is 15.6 Å². The molecule has 0 unspecified atom stereocenters. The van der Waals surface area contributed by atoms with Gasteiger partial charge in [0.2, 0.25) is 21.8 Å². The highest BCUT2D eigenvalue weighted by molar-refractivity contribution is 7.88. The second-order valence-electron chi connectivity index (χ2n) is 7.47. The van der Waals surface area contributed by atoms with E-state index in [9.17, 15) is 18.0 Å². The first kappa shape index (κ1) is 21.0. The lowest BCUT2D eigenvalue weighted by Gasteiger charge is -2.34. The predicted molar refractivity (Wildman–Crippen MR) is 115 cm³/mol. The Kier molecular flexibility index (Phi) is 6.16. The van der Waals surface area contributed by atoms with Crippen LogP contribution >= 0.6 is 11.3 Å². The van der Waals surface area contributed by atoms with Crippen molar-refractivity contribution in [3.63, 3.8) is 0 Å². The van der Waals surface area contributed by atoms with E-state index in [2.05, 4.69) is 4.98 Å². The van der Waals surface area contributed by atoms with Gasteiger partial charge in [0, 0.05) is 44.5 Å². The summed E-state index contributed by atoms with van der Waals surface area (Å²) in [6.45, 7) is 2.01. The van der Waals surface area contributed by atoms with Gasteiger partial charge in [-0.3, -0.25) is 14.5 Å². The van der Waals surface area contributed by atoms with E-state index in [0.29, 0.717) is 50.0 Å². The second kappa shape index (κ2) is 8.83. The molecular formula is C20H24N4O4S2. The number of hydrogen-bond acceptors (Lipinski definition) is 6. The predicted octanol–water partition coefficient (Wildman–Crippen LogP) is 1.49. The summed E-state index contributed by atoms with van der Waals surface area (Å²) >= 11 is 1.38. The first-order valence-electron chi connectivity index (χ1n) is 9.97. The molecule has 0 spiro atoms. The van der Waals surface area contributed by atoms with Gasteiger partial charge in [0.1, 0.15) is 0 Å². The van der Waals surface area contributed by atoms with Crippen molar-refractivity contribution in [2.75, 3.05) is 37.6 Å². The number of aromatic nitrogens is 1. The van der Waals surface area contributed by atoms with Crippen LogP contribution in [-0.4, -0.2) is 67.1 Å². The zero-order chi connectivity index (χ0) is 21.1. The molecule has 0 radical (unpaired) electrons. The number of benzene rings is 1. The molecule has 2 fully saturated rings. The SMILES string of the molecule is O=C(Cc1csc(N2CCCC2=O)n1)N1CCN(S(=O)(=O)Cc2ccccc2)CC1. The fourth-order valence-electron chi connectivity index (χ4n) is 3.71. The van der Waals surface area contributed by atoms with Crippen LogP contribution in [0.2, 0.25) is 0 Å². The summed E-state index contributed by atoms with van der Waals surface area (Å²) < 4.78 is 26.8. The summed E-state index contributed by atoms with van der Waals surface area (Å²) in [6.07, 6.45) is 1.55. The zero-order valence-corrected chi connectivity index (χ0v) is 18.2. The van der Waals surface area contributed by atoms with Crippen LogP contribution < -0.4 is 4.90 Å². The average molecular weight is 449 g/mol. The number of hydrogen-bond donors (Lipinski definition) is 0. The highest BCUT2D eigenvalue weighted by Gasteiger charge is 2.29. The third-order valence-corrected chi connectivity index (χ3v) is 8.12. The summed E-state index contributed by atoms with van der Waals surface area (Å²) in [7, 11) is -3.41. The van der Waals surface area contributed by atoms with E-state index in [-0.39, 0.29) is 24.0 Å². The molecule has 10 heteroatoms. The van der Waals surface area contributed by atoms with Crippen LogP contribution in [0.4, 0.5) is 5.13 Å². The van der Waals surface area contributed by atoms with Gasteiger partial charge in [0.05, 0.1) is 17.9 Å². The van der Waals surface area contributed by atoms with Crippen molar-refractivity contribution in [3.8, 4) is 0 Å². The molecule has 160 valence electrons. The van der Waals surface area contributed by atoms with Crippen molar-refractivity contribution < 1.29 is 18.0 Å². The zero-order valence-electron chi connectivity index (χ0n) is 16.6. The van der Waals surface area contributed by atoms with E-state index in [1.54, 1.807) is 21.9 Å². The molecule has 0 bridgehead atoms. The molecule has 2 aliphatic heterocycles. The minimum atomic E-state index is -3.41. The summed E-state index contributed by atoms with van der Waals surface area (Å²) in [5.74, 6) is -0.0201. The molecule has 30 heavy (non-hydrogen) atoms. The Labute approximate surface area is 180 Å². The molecule has 4 rings (SSSR count). The highest BCUT2D eigenvalue weighted by Crippen LogP contribution is 2.25. The fourth-order valence-corrected chi connectivity index (χ4v) is 6.09. The molecule has 0 saturated carbocycles. The van der Waals surface area contributed by atoms with E-state index in [0.717, 1.165) is 12.0 Å². The molecule has 0 N–H and O–H groups in total.